The number of hydrogen-bond acceptors (Lipinski definition) is 4. The molecule has 1 rings (SSSR count). The fraction of sp³-hybridized carbons (Fsp3) is 0.727. The van der Waals surface area contributed by atoms with Gasteiger partial charge in [0.2, 0.25) is 0 Å². The van der Waals surface area contributed by atoms with E-state index in [-0.39, 0.29) is 6.10 Å². The second-order valence-corrected chi connectivity index (χ2v) is 4.94. The summed E-state index contributed by atoms with van der Waals surface area (Å²) in [6.45, 7) is 4.30. The van der Waals surface area contributed by atoms with Gasteiger partial charge in [0.25, 0.3) is 0 Å². The number of halogens is 3. The van der Waals surface area contributed by atoms with Gasteiger partial charge in [0.05, 0.1) is 12.1 Å². The van der Waals surface area contributed by atoms with Crippen LogP contribution in [0.1, 0.15) is 42.6 Å². The van der Waals surface area contributed by atoms with Crippen molar-refractivity contribution in [1.29, 1.82) is 0 Å². The normalized spacial score (nSPS) is 15.7. The molecule has 0 aliphatic carbocycles. The van der Waals surface area contributed by atoms with Crippen LogP contribution < -0.4 is 5.73 Å². The third-order valence-corrected chi connectivity index (χ3v) is 3.59. The molecule has 2 unspecified atom stereocenters. The minimum atomic E-state index is -4.41. The summed E-state index contributed by atoms with van der Waals surface area (Å²) in [7, 11) is 0. The number of nitrogens with two attached hydrogens (primary N) is 1. The predicted octanol–water partition coefficient (Wildman–Crippen LogP) is 3.37. The van der Waals surface area contributed by atoms with E-state index in [9.17, 15) is 13.2 Å². The van der Waals surface area contributed by atoms with Gasteiger partial charge in [0.1, 0.15) is 0 Å². The Bertz CT molecular complexity index is 361. The van der Waals surface area contributed by atoms with Crippen molar-refractivity contribution in [2.75, 3.05) is 6.61 Å². The van der Waals surface area contributed by atoms with Crippen LogP contribution >= 0.6 is 11.3 Å². The van der Waals surface area contributed by atoms with Crippen molar-refractivity contribution < 1.29 is 17.9 Å². The molecule has 0 aliphatic heterocycles. The lowest BCUT2D eigenvalue weighted by atomic mass is 10.1. The lowest BCUT2D eigenvalue weighted by Gasteiger charge is -2.22. The maximum absolute atomic E-state index is 12.4. The fourth-order valence-corrected chi connectivity index (χ4v) is 2.46. The Labute approximate surface area is 108 Å². The quantitative estimate of drug-likeness (QED) is 0.870. The van der Waals surface area contributed by atoms with E-state index in [4.69, 9.17) is 10.5 Å². The van der Waals surface area contributed by atoms with Crippen molar-refractivity contribution in [3.63, 3.8) is 0 Å². The zero-order valence-corrected chi connectivity index (χ0v) is 11.1. The van der Waals surface area contributed by atoms with Crippen LogP contribution in [0.5, 0.6) is 0 Å². The van der Waals surface area contributed by atoms with Gasteiger partial charge >= 0.3 is 6.18 Å². The molecule has 2 N–H and O–H groups in total. The van der Waals surface area contributed by atoms with Gasteiger partial charge in [-0.25, -0.2) is 4.98 Å². The van der Waals surface area contributed by atoms with Crippen LogP contribution in [0.25, 0.3) is 0 Å². The summed E-state index contributed by atoms with van der Waals surface area (Å²) in [6, 6.07) is -0.557. The van der Waals surface area contributed by atoms with E-state index in [1.54, 1.807) is 0 Å². The lowest BCUT2D eigenvalue weighted by Crippen LogP contribution is -2.28. The molecule has 0 aromatic carbocycles. The van der Waals surface area contributed by atoms with Crippen LogP contribution in [0.2, 0.25) is 0 Å². The summed E-state index contributed by atoms with van der Waals surface area (Å²) in [5, 5.41) is -0.861. The third-order valence-electron chi connectivity index (χ3n) is 2.45. The zero-order chi connectivity index (χ0) is 13.8. The molecule has 2 atom stereocenters. The number of aromatic nitrogens is 1. The van der Waals surface area contributed by atoms with E-state index < -0.39 is 17.2 Å². The van der Waals surface area contributed by atoms with Gasteiger partial charge in [-0.2, -0.15) is 13.2 Å². The smallest absolute Gasteiger partial charge is 0.377 e. The Morgan fingerprint density at radius 2 is 2.11 bits per heavy atom. The average Bonchev–Trinajstić information content (AvgIpc) is 2.76. The molecule has 0 amide bonds. The SMILES string of the molecule is CCCC(OCC)C(N)c1cnc(C(F)(F)F)s1. The molecule has 1 aromatic rings. The number of hydrogen-bond donors (Lipinski definition) is 1. The van der Waals surface area contributed by atoms with Gasteiger partial charge in [0.15, 0.2) is 5.01 Å². The first kappa shape index (κ1) is 15.4. The van der Waals surface area contributed by atoms with Gasteiger partial charge in [-0.1, -0.05) is 13.3 Å². The Balaban J connectivity index is 2.81. The number of nitrogens with zero attached hydrogens (tertiary/aromatic N) is 1. The van der Waals surface area contributed by atoms with E-state index >= 15 is 0 Å². The molecule has 0 spiro atoms. The summed E-state index contributed by atoms with van der Waals surface area (Å²) in [6.07, 6.45) is -1.90. The first-order valence-corrected chi connectivity index (χ1v) is 6.61. The van der Waals surface area contributed by atoms with Gasteiger partial charge in [-0.05, 0) is 13.3 Å². The van der Waals surface area contributed by atoms with E-state index in [2.05, 4.69) is 4.98 Å². The Morgan fingerprint density at radius 1 is 1.44 bits per heavy atom. The minimum Gasteiger partial charge on any atom is -0.377 e. The second kappa shape index (κ2) is 6.49. The van der Waals surface area contributed by atoms with Crippen LogP contribution in [0.15, 0.2) is 6.20 Å². The highest BCUT2D eigenvalue weighted by Crippen LogP contribution is 2.35. The van der Waals surface area contributed by atoms with Gasteiger partial charge in [-0.15, -0.1) is 11.3 Å². The van der Waals surface area contributed by atoms with E-state index in [1.807, 2.05) is 13.8 Å². The minimum absolute atomic E-state index is 0.262. The zero-order valence-electron chi connectivity index (χ0n) is 10.3. The number of ether oxygens (including phenoxy) is 1. The van der Waals surface area contributed by atoms with E-state index in [0.717, 1.165) is 6.42 Å². The van der Waals surface area contributed by atoms with Crippen LogP contribution in [-0.2, 0) is 10.9 Å². The molecule has 0 saturated heterocycles. The molecule has 0 aliphatic rings. The number of alkyl halides is 3. The summed E-state index contributed by atoms with van der Waals surface area (Å²) in [4.78, 5) is 3.78. The van der Waals surface area contributed by atoms with Crippen molar-refractivity contribution in [2.24, 2.45) is 5.73 Å². The lowest BCUT2D eigenvalue weighted by molar-refractivity contribution is -0.137. The van der Waals surface area contributed by atoms with Crippen molar-refractivity contribution in [2.45, 2.75) is 45.0 Å². The number of thiazole rings is 1. The molecule has 1 heterocycles. The van der Waals surface area contributed by atoms with Crippen LogP contribution in [0.4, 0.5) is 13.2 Å². The molecule has 1 aromatic heterocycles. The molecule has 3 nitrogen and oxygen atoms in total. The molecule has 7 heteroatoms. The Kier molecular flexibility index (Phi) is 5.55. The first-order valence-electron chi connectivity index (χ1n) is 5.80. The Hall–Kier alpha value is -0.660. The molecule has 0 saturated carbocycles. The molecular formula is C11H17F3N2OS. The third kappa shape index (κ3) is 3.93. The Morgan fingerprint density at radius 3 is 2.56 bits per heavy atom. The highest BCUT2D eigenvalue weighted by Gasteiger charge is 2.35. The van der Waals surface area contributed by atoms with E-state index in [0.29, 0.717) is 29.2 Å². The highest BCUT2D eigenvalue weighted by molar-refractivity contribution is 7.11. The van der Waals surface area contributed by atoms with Gasteiger partial charge in [-0.3, -0.25) is 0 Å². The summed E-state index contributed by atoms with van der Waals surface area (Å²) >= 11 is 0.587. The van der Waals surface area contributed by atoms with Crippen LogP contribution in [0, 0.1) is 0 Å². The molecule has 18 heavy (non-hydrogen) atoms. The molecular weight excluding hydrogens is 265 g/mol. The summed E-state index contributed by atoms with van der Waals surface area (Å²) in [5.74, 6) is 0. The van der Waals surface area contributed by atoms with Crippen molar-refractivity contribution in [3.8, 4) is 0 Å². The molecule has 0 bridgehead atoms. The molecule has 104 valence electrons. The molecule has 0 fully saturated rings. The van der Waals surface area contributed by atoms with Crippen molar-refractivity contribution in [1.82, 2.24) is 4.98 Å². The topological polar surface area (TPSA) is 48.1 Å². The van der Waals surface area contributed by atoms with Gasteiger partial charge in [0, 0.05) is 17.7 Å². The van der Waals surface area contributed by atoms with Gasteiger partial charge < -0.3 is 10.5 Å². The van der Waals surface area contributed by atoms with Crippen LogP contribution in [0.3, 0.4) is 0 Å². The maximum Gasteiger partial charge on any atom is 0.443 e. The highest BCUT2D eigenvalue weighted by atomic mass is 32.1. The predicted molar refractivity (Wildman–Crippen MR) is 64.4 cm³/mol. The monoisotopic (exact) mass is 282 g/mol. The second-order valence-electron chi connectivity index (χ2n) is 3.87. The first-order chi connectivity index (χ1) is 8.40. The fourth-order valence-electron chi connectivity index (χ4n) is 1.62. The average molecular weight is 282 g/mol. The largest absolute Gasteiger partial charge is 0.443 e. The van der Waals surface area contributed by atoms with Crippen LogP contribution in [-0.4, -0.2) is 17.7 Å². The summed E-state index contributed by atoms with van der Waals surface area (Å²) < 4.78 is 42.8. The number of rotatable bonds is 6. The van der Waals surface area contributed by atoms with Crippen molar-refractivity contribution >= 4 is 11.3 Å². The maximum atomic E-state index is 12.4. The van der Waals surface area contributed by atoms with E-state index in [1.165, 1.54) is 6.20 Å². The van der Waals surface area contributed by atoms with Crippen molar-refractivity contribution in [3.05, 3.63) is 16.1 Å². The summed E-state index contributed by atoms with van der Waals surface area (Å²) in [5.41, 5.74) is 5.95. The molecule has 0 radical (unpaired) electrons. The standard InChI is InChI=1S/C11H17F3N2OS/c1-3-5-7(17-4-2)9(15)8-6-16-10(18-8)11(12,13)14/h6-7,9H,3-5,15H2,1-2H3.